The van der Waals surface area contributed by atoms with E-state index in [4.69, 9.17) is 9.84 Å². The second-order valence-corrected chi connectivity index (χ2v) is 2.79. The molecule has 74 valence electrons. The number of carboxylic acid groups (broad SMARTS) is 1. The fourth-order valence-corrected chi connectivity index (χ4v) is 1.15. The Morgan fingerprint density at radius 1 is 1.43 bits per heavy atom. The van der Waals surface area contributed by atoms with E-state index in [1.54, 1.807) is 12.1 Å². The molecule has 3 heteroatoms. The molecule has 0 spiro atoms. The van der Waals surface area contributed by atoms with Crippen molar-refractivity contribution in [3.8, 4) is 0 Å². The molecule has 1 atom stereocenters. The van der Waals surface area contributed by atoms with Crippen LogP contribution in [0.2, 0.25) is 0 Å². The zero-order valence-corrected chi connectivity index (χ0v) is 7.88. The second kappa shape index (κ2) is 5.07. The molecule has 1 N–H and O–H groups in total. The van der Waals surface area contributed by atoms with Gasteiger partial charge in [-0.2, -0.15) is 0 Å². The first-order valence-corrected chi connectivity index (χ1v) is 4.23. The van der Waals surface area contributed by atoms with Crippen LogP contribution in [0.1, 0.15) is 11.5 Å². The van der Waals surface area contributed by atoms with E-state index >= 15 is 0 Å². The van der Waals surface area contributed by atoms with Gasteiger partial charge in [0, 0.05) is 0 Å². The SMILES string of the molecule is CO/C=C/C(C(=O)O)c1ccccc1. The first kappa shape index (κ1) is 10.3. The minimum Gasteiger partial charge on any atom is -0.505 e. The largest absolute Gasteiger partial charge is 0.505 e. The number of methoxy groups -OCH3 is 1. The molecular weight excluding hydrogens is 180 g/mol. The van der Waals surface area contributed by atoms with Crippen molar-refractivity contribution < 1.29 is 14.6 Å². The van der Waals surface area contributed by atoms with Gasteiger partial charge in [-0.1, -0.05) is 30.3 Å². The van der Waals surface area contributed by atoms with Gasteiger partial charge >= 0.3 is 5.97 Å². The molecule has 1 rings (SSSR count). The van der Waals surface area contributed by atoms with Crippen molar-refractivity contribution >= 4 is 5.97 Å². The number of ether oxygens (including phenoxy) is 1. The summed E-state index contributed by atoms with van der Waals surface area (Å²) in [5.74, 6) is -1.53. The van der Waals surface area contributed by atoms with E-state index in [1.165, 1.54) is 19.4 Å². The van der Waals surface area contributed by atoms with Crippen LogP contribution >= 0.6 is 0 Å². The third kappa shape index (κ3) is 2.62. The summed E-state index contributed by atoms with van der Waals surface area (Å²) in [6.45, 7) is 0. The van der Waals surface area contributed by atoms with Crippen LogP contribution in [0.4, 0.5) is 0 Å². The predicted molar refractivity (Wildman–Crippen MR) is 53.0 cm³/mol. The van der Waals surface area contributed by atoms with Gasteiger partial charge in [-0.15, -0.1) is 0 Å². The first-order chi connectivity index (χ1) is 6.75. The van der Waals surface area contributed by atoms with Crippen molar-refractivity contribution in [2.24, 2.45) is 0 Å². The Bertz CT molecular complexity index is 317. The van der Waals surface area contributed by atoms with Crippen molar-refractivity contribution in [1.82, 2.24) is 0 Å². The van der Waals surface area contributed by atoms with Gasteiger partial charge < -0.3 is 9.84 Å². The molecular formula is C11H12O3. The van der Waals surface area contributed by atoms with Gasteiger partial charge in [0.1, 0.15) is 5.92 Å². The maximum absolute atomic E-state index is 10.9. The van der Waals surface area contributed by atoms with Crippen molar-refractivity contribution in [2.45, 2.75) is 5.92 Å². The van der Waals surface area contributed by atoms with Crippen LogP contribution < -0.4 is 0 Å². The summed E-state index contributed by atoms with van der Waals surface area (Å²) in [5, 5.41) is 8.95. The Balaban J connectivity index is 2.89. The molecule has 0 amide bonds. The zero-order chi connectivity index (χ0) is 10.4. The van der Waals surface area contributed by atoms with Crippen molar-refractivity contribution in [2.75, 3.05) is 7.11 Å². The molecule has 1 aromatic carbocycles. The Kier molecular flexibility index (Phi) is 3.73. The highest BCUT2D eigenvalue weighted by Gasteiger charge is 2.15. The number of carbonyl (C=O) groups is 1. The fourth-order valence-electron chi connectivity index (χ4n) is 1.15. The zero-order valence-electron chi connectivity index (χ0n) is 7.88. The molecule has 1 unspecified atom stereocenters. The number of hydrogen-bond donors (Lipinski definition) is 1. The number of rotatable bonds is 4. The number of hydrogen-bond acceptors (Lipinski definition) is 2. The van der Waals surface area contributed by atoms with Crippen LogP contribution in [0.5, 0.6) is 0 Å². The van der Waals surface area contributed by atoms with E-state index in [0.717, 1.165) is 5.56 Å². The molecule has 0 bridgehead atoms. The first-order valence-electron chi connectivity index (χ1n) is 4.23. The van der Waals surface area contributed by atoms with Gasteiger partial charge in [0.2, 0.25) is 0 Å². The average molecular weight is 192 g/mol. The molecule has 0 saturated heterocycles. The van der Waals surface area contributed by atoms with Crippen LogP contribution in [0.25, 0.3) is 0 Å². The van der Waals surface area contributed by atoms with Crippen LogP contribution in [-0.2, 0) is 9.53 Å². The van der Waals surface area contributed by atoms with Crippen molar-refractivity contribution in [1.29, 1.82) is 0 Å². The fraction of sp³-hybridized carbons (Fsp3) is 0.182. The Hall–Kier alpha value is -1.77. The molecule has 14 heavy (non-hydrogen) atoms. The highest BCUT2D eigenvalue weighted by atomic mass is 16.5. The summed E-state index contributed by atoms with van der Waals surface area (Å²) in [6.07, 6.45) is 2.89. The quantitative estimate of drug-likeness (QED) is 0.742. The van der Waals surface area contributed by atoms with E-state index in [9.17, 15) is 4.79 Å². The van der Waals surface area contributed by atoms with E-state index < -0.39 is 11.9 Å². The molecule has 3 nitrogen and oxygen atoms in total. The summed E-state index contributed by atoms with van der Waals surface area (Å²) in [7, 11) is 1.49. The average Bonchev–Trinajstić information content (AvgIpc) is 2.19. The summed E-state index contributed by atoms with van der Waals surface area (Å²) >= 11 is 0. The lowest BCUT2D eigenvalue weighted by molar-refractivity contribution is -0.137. The van der Waals surface area contributed by atoms with Crippen LogP contribution in [-0.4, -0.2) is 18.2 Å². The molecule has 0 fully saturated rings. The van der Waals surface area contributed by atoms with Crippen molar-refractivity contribution in [3.63, 3.8) is 0 Å². The van der Waals surface area contributed by atoms with Crippen molar-refractivity contribution in [3.05, 3.63) is 48.2 Å². The maximum atomic E-state index is 10.9. The van der Waals surface area contributed by atoms with Gasteiger partial charge in [0.05, 0.1) is 13.4 Å². The van der Waals surface area contributed by atoms with Crippen LogP contribution in [0.15, 0.2) is 42.7 Å². The standard InChI is InChI=1S/C11H12O3/c1-14-8-7-10(11(12)13)9-5-3-2-4-6-9/h2-8,10H,1H3,(H,12,13)/b8-7+. The van der Waals surface area contributed by atoms with Gasteiger partial charge in [0.25, 0.3) is 0 Å². The Morgan fingerprint density at radius 3 is 2.57 bits per heavy atom. The van der Waals surface area contributed by atoms with Crippen LogP contribution in [0, 0.1) is 0 Å². The highest BCUT2D eigenvalue weighted by molar-refractivity contribution is 5.78. The normalized spacial score (nSPS) is 12.6. The monoisotopic (exact) mass is 192 g/mol. The molecule has 0 radical (unpaired) electrons. The molecule has 0 aliphatic heterocycles. The lowest BCUT2D eigenvalue weighted by Gasteiger charge is -2.06. The van der Waals surface area contributed by atoms with Crippen LogP contribution in [0.3, 0.4) is 0 Å². The summed E-state index contributed by atoms with van der Waals surface area (Å²) in [6, 6.07) is 9.03. The summed E-state index contributed by atoms with van der Waals surface area (Å²) in [4.78, 5) is 10.9. The smallest absolute Gasteiger partial charge is 0.314 e. The minimum absolute atomic E-state index is 0.642. The Labute approximate surface area is 82.6 Å². The lowest BCUT2D eigenvalue weighted by atomic mass is 10.00. The second-order valence-electron chi connectivity index (χ2n) is 2.79. The Morgan fingerprint density at radius 2 is 2.07 bits per heavy atom. The molecule has 0 aromatic heterocycles. The maximum Gasteiger partial charge on any atom is 0.314 e. The van der Waals surface area contributed by atoms with Gasteiger partial charge in [-0.25, -0.2) is 0 Å². The molecule has 0 heterocycles. The minimum atomic E-state index is -0.885. The third-order valence-electron chi connectivity index (χ3n) is 1.83. The predicted octanol–water partition coefficient (Wildman–Crippen LogP) is 2.01. The molecule has 1 aromatic rings. The lowest BCUT2D eigenvalue weighted by Crippen LogP contribution is -2.08. The molecule has 0 aliphatic carbocycles. The topological polar surface area (TPSA) is 46.5 Å². The van der Waals surface area contributed by atoms with E-state index in [1.807, 2.05) is 18.2 Å². The molecule has 0 aliphatic rings. The van der Waals surface area contributed by atoms with Gasteiger partial charge in [-0.05, 0) is 11.6 Å². The number of aliphatic carboxylic acids is 1. The van der Waals surface area contributed by atoms with E-state index in [0.29, 0.717) is 0 Å². The summed E-state index contributed by atoms with van der Waals surface area (Å²) < 4.78 is 4.70. The van der Waals surface area contributed by atoms with E-state index in [-0.39, 0.29) is 0 Å². The van der Waals surface area contributed by atoms with Gasteiger partial charge in [0.15, 0.2) is 0 Å². The third-order valence-corrected chi connectivity index (χ3v) is 1.83. The highest BCUT2D eigenvalue weighted by Crippen LogP contribution is 2.16. The number of carboxylic acids is 1. The van der Waals surface area contributed by atoms with Gasteiger partial charge in [-0.3, -0.25) is 4.79 Å². The molecule has 0 saturated carbocycles. The number of benzene rings is 1. The summed E-state index contributed by atoms with van der Waals surface area (Å²) in [5.41, 5.74) is 0.744. The van der Waals surface area contributed by atoms with E-state index in [2.05, 4.69) is 0 Å².